The van der Waals surface area contributed by atoms with Crippen molar-refractivity contribution in [3.05, 3.63) is 29.8 Å². The van der Waals surface area contributed by atoms with Crippen LogP contribution in [0.25, 0.3) is 0 Å². The Morgan fingerprint density at radius 3 is 2.21 bits per heavy atom. The van der Waals surface area contributed by atoms with Crippen molar-refractivity contribution in [1.29, 1.82) is 0 Å². The van der Waals surface area contributed by atoms with E-state index in [1.807, 2.05) is 38.1 Å². The third-order valence-corrected chi connectivity index (χ3v) is 3.64. The molecule has 1 aromatic rings. The first-order valence-electron chi connectivity index (χ1n) is 8.13. The number of rotatable bonds is 10. The molecule has 24 heavy (non-hydrogen) atoms. The number of aliphatic hydroxyl groups excluding tert-OH is 1. The molecule has 2 amide bonds. The molecule has 0 atom stereocenters. The third kappa shape index (κ3) is 7.97. The average Bonchev–Trinajstić information content (AvgIpc) is 2.57. The Kier molecular flexibility index (Phi) is 8.26. The predicted octanol–water partition coefficient (Wildman–Crippen LogP) is 1.27. The van der Waals surface area contributed by atoms with E-state index in [0.29, 0.717) is 25.9 Å². The van der Waals surface area contributed by atoms with Crippen LogP contribution >= 0.6 is 0 Å². The van der Waals surface area contributed by atoms with E-state index >= 15 is 0 Å². The monoisotopic (exact) mass is 336 g/mol. The molecule has 6 heteroatoms. The Morgan fingerprint density at radius 1 is 1.08 bits per heavy atom. The molecule has 0 bridgehead atoms. The molecule has 0 saturated carbocycles. The quantitative estimate of drug-likeness (QED) is 0.562. The van der Waals surface area contributed by atoms with Gasteiger partial charge < -0.3 is 20.5 Å². The van der Waals surface area contributed by atoms with Crippen molar-refractivity contribution in [1.82, 2.24) is 10.6 Å². The predicted molar refractivity (Wildman–Crippen MR) is 92.8 cm³/mol. The number of hydrogen-bond donors (Lipinski definition) is 3. The lowest BCUT2D eigenvalue weighted by atomic mass is 9.90. The summed E-state index contributed by atoms with van der Waals surface area (Å²) in [5.74, 6) is 0.626. The van der Waals surface area contributed by atoms with Crippen LogP contribution in [0.5, 0.6) is 5.75 Å². The molecular formula is C18H28N2O4. The molecule has 0 unspecified atom stereocenters. The lowest BCUT2D eigenvalue weighted by Gasteiger charge is -2.20. The van der Waals surface area contributed by atoms with E-state index in [2.05, 4.69) is 10.6 Å². The molecule has 134 valence electrons. The van der Waals surface area contributed by atoms with Crippen molar-refractivity contribution in [3.8, 4) is 5.75 Å². The minimum Gasteiger partial charge on any atom is -0.497 e. The molecule has 0 saturated heterocycles. The molecule has 0 radical (unpaired) electrons. The van der Waals surface area contributed by atoms with Crippen molar-refractivity contribution in [2.75, 3.05) is 26.8 Å². The third-order valence-electron chi connectivity index (χ3n) is 3.64. The molecule has 6 nitrogen and oxygen atoms in total. The van der Waals surface area contributed by atoms with Crippen LogP contribution in [0.4, 0.5) is 0 Å². The molecule has 3 N–H and O–H groups in total. The van der Waals surface area contributed by atoms with Crippen molar-refractivity contribution in [2.24, 2.45) is 5.41 Å². The van der Waals surface area contributed by atoms with Gasteiger partial charge >= 0.3 is 0 Å². The topological polar surface area (TPSA) is 87.7 Å². The van der Waals surface area contributed by atoms with Gasteiger partial charge in [-0.15, -0.1) is 0 Å². The van der Waals surface area contributed by atoms with E-state index in [9.17, 15) is 9.59 Å². The summed E-state index contributed by atoms with van der Waals surface area (Å²) in [5, 5.41) is 14.6. The molecule has 0 aliphatic heterocycles. The Bertz CT molecular complexity index is 526. The molecule has 0 spiro atoms. The lowest BCUT2D eigenvalue weighted by molar-refractivity contribution is -0.124. The van der Waals surface area contributed by atoms with Crippen LogP contribution in [0.15, 0.2) is 24.3 Å². The largest absolute Gasteiger partial charge is 0.497 e. The van der Waals surface area contributed by atoms with Crippen LogP contribution in [-0.4, -0.2) is 43.7 Å². The van der Waals surface area contributed by atoms with Crippen LogP contribution in [0.1, 0.15) is 32.3 Å². The summed E-state index contributed by atoms with van der Waals surface area (Å²) in [6.45, 7) is 4.39. The standard InChI is InChI=1S/C18H28N2O4/c1-18(2,13-21)12-17(23)20-11-10-19-16(22)9-6-14-4-7-15(24-3)8-5-14/h4-5,7-8,21H,6,9-13H2,1-3H3,(H,19,22)(H,20,23). The number of hydrogen-bond acceptors (Lipinski definition) is 4. The highest BCUT2D eigenvalue weighted by Gasteiger charge is 2.20. The second-order valence-electron chi connectivity index (χ2n) is 6.55. The van der Waals surface area contributed by atoms with Crippen LogP contribution in [0.3, 0.4) is 0 Å². The SMILES string of the molecule is COc1ccc(CCC(=O)NCCNC(=O)CC(C)(C)CO)cc1. The summed E-state index contributed by atoms with van der Waals surface area (Å²) >= 11 is 0. The smallest absolute Gasteiger partial charge is 0.220 e. The first kappa shape index (κ1) is 20.0. The van der Waals surface area contributed by atoms with Gasteiger partial charge in [0.05, 0.1) is 7.11 Å². The van der Waals surface area contributed by atoms with E-state index in [-0.39, 0.29) is 24.8 Å². The van der Waals surface area contributed by atoms with Gasteiger partial charge in [0.15, 0.2) is 0 Å². The minimum atomic E-state index is -0.425. The van der Waals surface area contributed by atoms with Gasteiger partial charge in [-0.2, -0.15) is 0 Å². The number of ether oxygens (including phenoxy) is 1. The fourth-order valence-corrected chi connectivity index (χ4v) is 2.10. The first-order chi connectivity index (χ1) is 11.4. The average molecular weight is 336 g/mol. The van der Waals surface area contributed by atoms with Gasteiger partial charge in [-0.1, -0.05) is 26.0 Å². The molecule has 0 aromatic heterocycles. The van der Waals surface area contributed by atoms with Crippen molar-refractivity contribution < 1.29 is 19.4 Å². The number of methoxy groups -OCH3 is 1. The molecule has 0 heterocycles. The summed E-state index contributed by atoms with van der Waals surface area (Å²) in [6, 6.07) is 7.62. The van der Waals surface area contributed by atoms with Gasteiger partial charge in [-0.25, -0.2) is 0 Å². The van der Waals surface area contributed by atoms with Crippen LogP contribution in [0.2, 0.25) is 0 Å². The number of nitrogens with one attached hydrogen (secondary N) is 2. The van der Waals surface area contributed by atoms with Crippen LogP contribution in [-0.2, 0) is 16.0 Å². The van der Waals surface area contributed by atoms with E-state index in [1.165, 1.54) is 0 Å². The lowest BCUT2D eigenvalue weighted by Crippen LogP contribution is -2.36. The van der Waals surface area contributed by atoms with Gasteiger partial charge in [0.25, 0.3) is 0 Å². The highest BCUT2D eigenvalue weighted by Crippen LogP contribution is 2.18. The van der Waals surface area contributed by atoms with Gasteiger partial charge in [0, 0.05) is 32.5 Å². The molecule has 0 aliphatic rings. The maximum absolute atomic E-state index is 11.8. The fraction of sp³-hybridized carbons (Fsp3) is 0.556. The number of carbonyl (C=O) groups excluding carboxylic acids is 2. The Morgan fingerprint density at radius 2 is 1.67 bits per heavy atom. The summed E-state index contributed by atoms with van der Waals surface area (Å²) in [6.07, 6.45) is 1.32. The number of aryl methyl sites for hydroxylation is 1. The maximum Gasteiger partial charge on any atom is 0.220 e. The molecule has 1 aromatic carbocycles. The summed E-state index contributed by atoms with van der Waals surface area (Å²) in [7, 11) is 1.62. The second kappa shape index (κ2) is 9.93. The highest BCUT2D eigenvalue weighted by molar-refractivity contribution is 5.77. The summed E-state index contributed by atoms with van der Waals surface area (Å²) in [4.78, 5) is 23.5. The number of aliphatic hydroxyl groups is 1. The van der Waals surface area contributed by atoms with Crippen LogP contribution in [0, 0.1) is 5.41 Å². The highest BCUT2D eigenvalue weighted by atomic mass is 16.5. The maximum atomic E-state index is 11.8. The van der Waals surface area contributed by atoms with Crippen molar-refractivity contribution in [3.63, 3.8) is 0 Å². The van der Waals surface area contributed by atoms with Gasteiger partial charge in [-0.3, -0.25) is 9.59 Å². The zero-order valence-corrected chi connectivity index (χ0v) is 14.7. The van der Waals surface area contributed by atoms with Crippen molar-refractivity contribution in [2.45, 2.75) is 33.1 Å². The number of benzene rings is 1. The zero-order chi connectivity index (χ0) is 18.0. The van der Waals surface area contributed by atoms with Gasteiger partial charge in [0.2, 0.25) is 11.8 Å². The van der Waals surface area contributed by atoms with E-state index in [4.69, 9.17) is 9.84 Å². The zero-order valence-electron chi connectivity index (χ0n) is 14.7. The molecular weight excluding hydrogens is 308 g/mol. The fourth-order valence-electron chi connectivity index (χ4n) is 2.10. The van der Waals surface area contributed by atoms with Crippen LogP contribution < -0.4 is 15.4 Å². The molecule has 0 aliphatic carbocycles. The number of amides is 2. The second-order valence-corrected chi connectivity index (χ2v) is 6.55. The van der Waals surface area contributed by atoms with Gasteiger partial charge in [0.1, 0.15) is 5.75 Å². The normalized spacial score (nSPS) is 11.0. The summed E-state index contributed by atoms with van der Waals surface area (Å²) < 4.78 is 5.09. The Labute approximate surface area is 143 Å². The Balaban J connectivity index is 2.16. The molecule has 1 rings (SSSR count). The Hall–Kier alpha value is -2.08. The number of carbonyl (C=O) groups is 2. The minimum absolute atomic E-state index is 0.0392. The summed E-state index contributed by atoms with van der Waals surface area (Å²) in [5.41, 5.74) is 0.650. The van der Waals surface area contributed by atoms with E-state index < -0.39 is 5.41 Å². The van der Waals surface area contributed by atoms with E-state index in [1.54, 1.807) is 7.11 Å². The van der Waals surface area contributed by atoms with Crippen molar-refractivity contribution >= 4 is 11.8 Å². The first-order valence-corrected chi connectivity index (χ1v) is 8.13. The molecule has 0 fully saturated rings. The van der Waals surface area contributed by atoms with E-state index in [0.717, 1.165) is 11.3 Å². The van der Waals surface area contributed by atoms with Gasteiger partial charge in [-0.05, 0) is 29.5 Å².